The Bertz CT molecular complexity index is 879. The molecule has 2 aliphatic heterocycles. The molecular weight excluding hydrogens is 419 g/mol. The van der Waals surface area contributed by atoms with E-state index in [9.17, 15) is 9.18 Å². The van der Waals surface area contributed by atoms with Gasteiger partial charge in [0.1, 0.15) is 18.2 Å². The molecule has 2 fully saturated rings. The summed E-state index contributed by atoms with van der Waals surface area (Å²) in [6, 6.07) is 13.8. The number of benzene rings is 2. The van der Waals surface area contributed by atoms with Gasteiger partial charge in [-0.2, -0.15) is 0 Å². The number of hydrogen-bond acceptors (Lipinski definition) is 4. The first-order chi connectivity index (χ1) is 15.1. The van der Waals surface area contributed by atoms with E-state index >= 15 is 0 Å². The maximum atomic E-state index is 13.6. The Morgan fingerprint density at radius 3 is 2.39 bits per heavy atom. The van der Waals surface area contributed by atoms with Gasteiger partial charge in [0.2, 0.25) is 5.91 Å². The van der Waals surface area contributed by atoms with Crippen molar-refractivity contribution in [1.82, 2.24) is 9.80 Å². The van der Waals surface area contributed by atoms with E-state index in [2.05, 4.69) is 4.90 Å². The van der Waals surface area contributed by atoms with Crippen molar-refractivity contribution in [2.75, 3.05) is 52.5 Å². The van der Waals surface area contributed by atoms with E-state index in [4.69, 9.17) is 21.1 Å². The highest BCUT2D eigenvalue weighted by Gasteiger charge is 2.44. The molecule has 0 atom stereocenters. The predicted molar refractivity (Wildman–Crippen MR) is 118 cm³/mol. The zero-order valence-corrected chi connectivity index (χ0v) is 18.3. The molecule has 5 nitrogen and oxygen atoms in total. The van der Waals surface area contributed by atoms with Crippen molar-refractivity contribution in [3.05, 3.63) is 64.9 Å². The van der Waals surface area contributed by atoms with E-state index < -0.39 is 5.41 Å². The maximum Gasteiger partial charge on any atom is 0.233 e. The van der Waals surface area contributed by atoms with E-state index in [0.29, 0.717) is 56.5 Å². The maximum absolute atomic E-state index is 13.6. The highest BCUT2D eigenvalue weighted by molar-refractivity contribution is 6.32. The number of rotatable bonds is 6. The van der Waals surface area contributed by atoms with Gasteiger partial charge >= 0.3 is 0 Å². The van der Waals surface area contributed by atoms with Gasteiger partial charge in [-0.3, -0.25) is 9.69 Å². The summed E-state index contributed by atoms with van der Waals surface area (Å²) in [6.45, 7) is 5.37. The lowest BCUT2D eigenvalue weighted by molar-refractivity contribution is -0.143. The lowest BCUT2D eigenvalue weighted by Gasteiger charge is -2.43. The molecule has 4 rings (SSSR count). The van der Waals surface area contributed by atoms with Crippen LogP contribution < -0.4 is 4.74 Å². The molecule has 0 unspecified atom stereocenters. The fourth-order valence-corrected chi connectivity index (χ4v) is 4.63. The summed E-state index contributed by atoms with van der Waals surface area (Å²) in [4.78, 5) is 17.9. The molecule has 0 aromatic heterocycles. The number of para-hydroxylation sites is 1. The van der Waals surface area contributed by atoms with Crippen LogP contribution in [0.1, 0.15) is 18.4 Å². The van der Waals surface area contributed by atoms with E-state index in [1.165, 1.54) is 12.1 Å². The summed E-state index contributed by atoms with van der Waals surface area (Å²) in [5.74, 6) is 0.541. The molecule has 0 aliphatic carbocycles. The Labute approximate surface area is 187 Å². The van der Waals surface area contributed by atoms with Crippen molar-refractivity contribution in [3.63, 3.8) is 0 Å². The van der Waals surface area contributed by atoms with E-state index in [1.807, 2.05) is 29.2 Å². The number of nitrogens with zero attached hydrogens (tertiary/aromatic N) is 2. The molecule has 1 amide bonds. The molecule has 2 aromatic carbocycles. The van der Waals surface area contributed by atoms with Crippen molar-refractivity contribution in [2.45, 2.75) is 18.3 Å². The number of amides is 1. The summed E-state index contributed by atoms with van der Waals surface area (Å²) in [7, 11) is 0. The van der Waals surface area contributed by atoms with Crippen molar-refractivity contribution in [2.24, 2.45) is 0 Å². The van der Waals surface area contributed by atoms with Crippen molar-refractivity contribution in [1.29, 1.82) is 0 Å². The van der Waals surface area contributed by atoms with Gasteiger partial charge in [0.05, 0.1) is 10.4 Å². The minimum Gasteiger partial charge on any atom is -0.491 e. The smallest absolute Gasteiger partial charge is 0.233 e. The first-order valence-electron chi connectivity index (χ1n) is 10.8. The number of halogens is 2. The summed E-state index contributed by atoms with van der Waals surface area (Å²) >= 11 is 6.13. The normalized spacial score (nSPS) is 19.2. The number of hydrogen-bond donors (Lipinski definition) is 0. The van der Waals surface area contributed by atoms with Gasteiger partial charge in [-0.15, -0.1) is 0 Å². The largest absolute Gasteiger partial charge is 0.491 e. The van der Waals surface area contributed by atoms with Crippen LogP contribution in [0.4, 0.5) is 4.39 Å². The van der Waals surface area contributed by atoms with Crippen LogP contribution in [0.3, 0.4) is 0 Å². The molecular formula is C24H28ClFN2O3. The van der Waals surface area contributed by atoms with E-state index in [0.717, 1.165) is 25.2 Å². The van der Waals surface area contributed by atoms with Gasteiger partial charge in [0.15, 0.2) is 0 Å². The average Bonchev–Trinajstić information content (AvgIpc) is 2.81. The van der Waals surface area contributed by atoms with Gasteiger partial charge in [0, 0.05) is 45.9 Å². The van der Waals surface area contributed by atoms with Crippen molar-refractivity contribution in [3.8, 4) is 5.75 Å². The van der Waals surface area contributed by atoms with Gasteiger partial charge in [-0.25, -0.2) is 4.39 Å². The molecule has 2 aromatic rings. The lowest BCUT2D eigenvalue weighted by atomic mass is 9.73. The first kappa shape index (κ1) is 22.1. The summed E-state index contributed by atoms with van der Waals surface area (Å²) < 4.78 is 24.8. The van der Waals surface area contributed by atoms with Gasteiger partial charge in [0.25, 0.3) is 0 Å². The fraction of sp³-hybridized carbons (Fsp3) is 0.458. The van der Waals surface area contributed by atoms with E-state index in [-0.39, 0.29) is 11.7 Å². The summed E-state index contributed by atoms with van der Waals surface area (Å²) in [6.07, 6.45) is 1.26. The fourth-order valence-electron chi connectivity index (χ4n) is 4.44. The molecule has 0 radical (unpaired) electrons. The molecule has 0 N–H and O–H groups in total. The Morgan fingerprint density at radius 1 is 1.03 bits per heavy atom. The number of ether oxygens (including phenoxy) is 2. The highest BCUT2D eigenvalue weighted by atomic mass is 35.5. The lowest BCUT2D eigenvalue weighted by Crippen LogP contribution is -2.56. The topological polar surface area (TPSA) is 42.0 Å². The van der Waals surface area contributed by atoms with Crippen LogP contribution in [0.5, 0.6) is 5.75 Å². The average molecular weight is 447 g/mol. The Balaban J connectivity index is 1.34. The Morgan fingerprint density at radius 2 is 1.71 bits per heavy atom. The quantitative estimate of drug-likeness (QED) is 0.677. The number of piperazine rings is 1. The minimum absolute atomic E-state index is 0.134. The van der Waals surface area contributed by atoms with Crippen LogP contribution in [-0.4, -0.2) is 68.3 Å². The number of carbonyl (C=O) groups excluding carboxylic acids is 1. The minimum atomic E-state index is -0.624. The molecule has 0 spiro atoms. The third kappa shape index (κ3) is 5.03. The SMILES string of the molecule is O=C(N1CCN(CCOc2ccccc2Cl)CC1)C1(c2ccc(F)cc2)CCOCC1. The monoisotopic (exact) mass is 446 g/mol. The van der Waals surface area contributed by atoms with Crippen LogP contribution in [-0.2, 0) is 14.9 Å². The first-order valence-corrected chi connectivity index (χ1v) is 11.2. The van der Waals surface area contributed by atoms with E-state index in [1.54, 1.807) is 12.1 Å². The van der Waals surface area contributed by atoms with Crippen LogP contribution in [0.2, 0.25) is 5.02 Å². The molecule has 31 heavy (non-hydrogen) atoms. The Kier molecular flexibility index (Phi) is 7.10. The molecule has 2 heterocycles. The molecule has 7 heteroatoms. The van der Waals surface area contributed by atoms with Crippen molar-refractivity contribution >= 4 is 17.5 Å². The number of carbonyl (C=O) groups is 1. The van der Waals surface area contributed by atoms with Crippen molar-refractivity contribution < 1.29 is 18.7 Å². The van der Waals surface area contributed by atoms with Crippen LogP contribution in [0.15, 0.2) is 48.5 Å². The third-order valence-corrected chi connectivity index (χ3v) is 6.63. The zero-order chi connectivity index (χ0) is 21.7. The Hall–Kier alpha value is -2.15. The van der Waals surface area contributed by atoms with Crippen LogP contribution >= 0.6 is 11.6 Å². The standard InChI is InChI=1S/C24H28ClFN2O3/c25-21-3-1-2-4-22(21)31-18-15-27-11-13-28(14-12-27)23(29)24(9-16-30-17-10-24)19-5-7-20(26)8-6-19/h1-8H,9-18H2. The van der Waals surface area contributed by atoms with Crippen LogP contribution in [0, 0.1) is 5.82 Å². The summed E-state index contributed by atoms with van der Waals surface area (Å²) in [5, 5.41) is 0.612. The molecule has 2 aliphatic rings. The molecule has 2 saturated heterocycles. The molecule has 0 saturated carbocycles. The van der Waals surface area contributed by atoms with Gasteiger partial charge in [-0.1, -0.05) is 35.9 Å². The summed E-state index contributed by atoms with van der Waals surface area (Å²) in [5.41, 5.74) is 0.263. The molecule has 0 bridgehead atoms. The van der Waals surface area contributed by atoms with Crippen LogP contribution in [0.25, 0.3) is 0 Å². The second-order valence-electron chi connectivity index (χ2n) is 8.11. The third-order valence-electron chi connectivity index (χ3n) is 6.31. The second-order valence-corrected chi connectivity index (χ2v) is 8.52. The molecule has 166 valence electrons. The van der Waals surface area contributed by atoms with Gasteiger partial charge < -0.3 is 14.4 Å². The highest BCUT2D eigenvalue weighted by Crippen LogP contribution is 2.37. The predicted octanol–water partition coefficient (Wildman–Crippen LogP) is 3.75. The van der Waals surface area contributed by atoms with Gasteiger partial charge in [-0.05, 0) is 42.7 Å². The second kappa shape index (κ2) is 9.98. The zero-order valence-electron chi connectivity index (χ0n) is 17.6.